The normalized spacial score (nSPS) is 11.8. The number of aromatic nitrogens is 1. The molecule has 0 spiro atoms. The van der Waals surface area contributed by atoms with Gasteiger partial charge in [-0.1, -0.05) is 6.92 Å². The maximum atomic E-state index is 11.4. The number of carbonyl (C=O) groups excluding carboxylic acids is 1. The number of hydrogen-bond acceptors (Lipinski definition) is 3. The van der Waals surface area contributed by atoms with Gasteiger partial charge in [0.05, 0.1) is 6.07 Å². The highest BCUT2D eigenvalue weighted by atomic mass is 16.1. The molecule has 0 aliphatic heterocycles. The van der Waals surface area contributed by atoms with E-state index in [2.05, 4.69) is 24.5 Å². The Morgan fingerprint density at radius 2 is 2.39 bits per heavy atom. The fourth-order valence-electron chi connectivity index (χ4n) is 1.65. The third kappa shape index (κ3) is 4.60. The van der Waals surface area contributed by atoms with Crippen molar-refractivity contribution in [2.75, 3.05) is 13.1 Å². The second kappa shape index (κ2) is 7.51. The van der Waals surface area contributed by atoms with Crippen molar-refractivity contribution in [2.45, 2.75) is 32.9 Å². The molecular formula is C13H20N4O. The van der Waals surface area contributed by atoms with Crippen LogP contribution in [0.5, 0.6) is 0 Å². The number of rotatable bonds is 7. The second-order valence-electron chi connectivity index (χ2n) is 4.23. The van der Waals surface area contributed by atoms with E-state index in [9.17, 15) is 4.79 Å². The van der Waals surface area contributed by atoms with Gasteiger partial charge in [0.25, 0.3) is 0 Å². The fraction of sp³-hybridized carbons (Fsp3) is 0.538. The molecule has 1 amide bonds. The first-order valence-corrected chi connectivity index (χ1v) is 6.20. The van der Waals surface area contributed by atoms with E-state index in [0.717, 1.165) is 18.5 Å². The zero-order chi connectivity index (χ0) is 13.4. The molecule has 1 unspecified atom stereocenters. The van der Waals surface area contributed by atoms with Crippen molar-refractivity contribution in [1.29, 1.82) is 5.26 Å². The molecule has 1 aromatic heterocycles. The number of hydrogen-bond donors (Lipinski definition) is 2. The zero-order valence-corrected chi connectivity index (χ0v) is 10.9. The number of nitrogens with zero attached hydrogens (tertiary/aromatic N) is 2. The lowest BCUT2D eigenvalue weighted by Crippen LogP contribution is -2.27. The van der Waals surface area contributed by atoms with Gasteiger partial charge < -0.3 is 15.2 Å². The molecule has 0 saturated carbocycles. The van der Waals surface area contributed by atoms with Gasteiger partial charge in [0.1, 0.15) is 13.1 Å². The molecule has 1 heterocycles. The lowest BCUT2D eigenvalue weighted by molar-refractivity contribution is -0.121. The quantitative estimate of drug-likeness (QED) is 0.712. The summed E-state index contributed by atoms with van der Waals surface area (Å²) in [5, 5.41) is 14.3. The topological polar surface area (TPSA) is 69.8 Å². The highest BCUT2D eigenvalue weighted by Crippen LogP contribution is 2.12. The van der Waals surface area contributed by atoms with Gasteiger partial charge in [0.2, 0.25) is 5.91 Å². The Balaban J connectivity index is 2.47. The van der Waals surface area contributed by atoms with Gasteiger partial charge in [0.15, 0.2) is 0 Å². The first-order valence-electron chi connectivity index (χ1n) is 6.20. The molecule has 0 bridgehead atoms. The van der Waals surface area contributed by atoms with Crippen molar-refractivity contribution in [3.05, 3.63) is 24.0 Å². The van der Waals surface area contributed by atoms with Crippen LogP contribution < -0.4 is 10.6 Å². The zero-order valence-electron chi connectivity index (χ0n) is 10.9. The Morgan fingerprint density at radius 1 is 1.61 bits per heavy atom. The molecule has 1 rings (SSSR count). The predicted molar refractivity (Wildman–Crippen MR) is 69.8 cm³/mol. The van der Waals surface area contributed by atoms with Crippen molar-refractivity contribution in [1.82, 2.24) is 15.2 Å². The summed E-state index contributed by atoms with van der Waals surface area (Å²) in [6.07, 6.45) is 4.94. The summed E-state index contributed by atoms with van der Waals surface area (Å²) >= 11 is 0. The minimum absolute atomic E-state index is 0.0570. The van der Waals surface area contributed by atoms with Crippen molar-refractivity contribution >= 4 is 5.91 Å². The van der Waals surface area contributed by atoms with Crippen LogP contribution in [0.3, 0.4) is 0 Å². The first-order chi connectivity index (χ1) is 8.67. The Hall–Kier alpha value is -1.80. The summed E-state index contributed by atoms with van der Waals surface area (Å²) in [4.78, 5) is 11.4. The minimum Gasteiger partial charge on any atom is -0.345 e. The van der Waals surface area contributed by atoms with Crippen molar-refractivity contribution in [2.24, 2.45) is 0 Å². The lowest BCUT2D eigenvalue weighted by atomic mass is 10.2. The molecule has 1 atom stereocenters. The van der Waals surface area contributed by atoms with Gasteiger partial charge in [-0.05, 0) is 31.5 Å². The smallest absolute Gasteiger partial charge is 0.240 e. The second-order valence-corrected chi connectivity index (χ2v) is 4.23. The summed E-state index contributed by atoms with van der Waals surface area (Å²) in [5.41, 5.74) is 1.16. The molecule has 2 N–H and O–H groups in total. The molecule has 0 radical (unpaired) electrons. The van der Waals surface area contributed by atoms with Gasteiger partial charge >= 0.3 is 0 Å². The SMILES string of the molecule is CCCNC(C)c1ccn(CC(=O)NCC#N)c1. The molecule has 18 heavy (non-hydrogen) atoms. The molecule has 98 valence electrons. The summed E-state index contributed by atoms with van der Waals surface area (Å²) in [6, 6.07) is 4.17. The van der Waals surface area contributed by atoms with E-state index in [1.165, 1.54) is 0 Å². The van der Waals surface area contributed by atoms with Crippen LogP contribution in [0.25, 0.3) is 0 Å². The van der Waals surface area contributed by atoms with Crippen LogP contribution in [-0.4, -0.2) is 23.6 Å². The standard InChI is InChI=1S/C13H20N4O/c1-3-6-15-11(2)12-4-8-17(9-12)10-13(18)16-7-5-14/h4,8-9,11,15H,3,6-7,10H2,1-2H3,(H,16,18). The summed E-state index contributed by atoms with van der Waals surface area (Å²) in [6.45, 7) is 5.52. The molecule has 0 aliphatic rings. The maximum absolute atomic E-state index is 11.4. The highest BCUT2D eigenvalue weighted by molar-refractivity contribution is 5.75. The number of amides is 1. The van der Waals surface area contributed by atoms with E-state index in [1.807, 2.05) is 29.1 Å². The maximum Gasteiger partial charge on any atom is 0.240 e. The molecular weight excluding hydrogens is 228 g/mol. The van der Waals surface area contributed by atoms with E-state index in [1.54, 1.807) is 0 Å². The van der Waals surface area contributed by atoms with Crippen LogP contribution >= 0.6 is 0 Å². The first kappa shape index (κ1) is 14.3. The van der Waals surface area contributed by atoms with Crippen molar-refractivity contribution in [3.63, 3.8) is 0 Å². The Labute approximate surface area is 108 Å². The molecule has 0 fully saturated rings. The van der Waals surface area contributed by atoms with E-state index in [0.29, 0.717) is 0 Å². The predicted octanol–water partition coefficient (Wildman–Crippen LogP) is 1.19. The fourth-order valence-corrected chi connectivity index (χ4v) is 1.65. The third-order valence-electron chi connectivity index (χ3n) is 2.66. The molecule has 5 nitrogen and oxygen atoms in total. The summed E-state index contributed by atoms with van der Waals surface area (Å²) in [7, 11) is 0. The summed E-state index contributed by atoms with van der Waals surface area (Å²) in [5.74, 6) is -0.145. The van der Waals surface area contributed by atoms with Crippen LogP contribution in [0, 0.1) is 11.3 Å². The van der Waals surface area contributed by atoms with E-state index >= 15 is 0 Å². The van der Waals surface area contributed by atoms with Crippen LogP contribution in [-0.2, 0) is 11.3 Å². The van der Waals surface area contributed by atoms with Crippen molar-refractivity contribution in [3.8, 4) is 6.07 Å². The van der Waals surface area contributed by atoms with Crippen molar-refractivity contribution < 1.29 is 4.79 Å². The van der Waals surface area contributed by atoms with Gasteiger partial charge in [-0.3, -0.25) is 4.79 Å². The Morgan fingerprint density at radius 3 is 3.06 bits per heavy atom. The van der Waals surface area contributed by atoms with E-state index in [-0.39, 0.29) is 25.0 Å². The van der Waals surface area contributed by atoms with Gasteiger partial charge in [-0.25, -0.2) is 0 Å². The van der Waals surface area contributed by atoms with E-state index in [4.69, 9.17) is 5.26 Å². The lowest BCUT2D eigenvalue weighted by Gasteiger charge is -2.11. The number of nitriles is 1. The largest absolute Gasteiger partial charge is 0.345 e. The van der Waals surface area contributed by atoms with Gasteiger partial charge in [-0.2, -0.15) is 5.26 Å². The highest BCUT2D eigenvalue weighted by Gasteiger charge is 2.07. The average molecular weight is 248 g/mol. The number of carbonyl (C=O) groups is 1. The molecule has 0 saturated heterocycles. The summed E-state index contributed by atoms with van der Waals surface area (Å²) < 4.78 is 1.83. The number of nitrogens with one attached hydrogen (secondary N) is 2. The van der Waals surface area contributed by atoms with Crippen LogP contribution in [0.2, 0.25) is 0 Å². The van der Waals surface area contributed by atoms with E-state index < -0.39 is 0 Å². The van der Waals surface area contributed by atoms with Crippen LogP contribution in [0.1, 0.15) is 31.9 Å². The van der Waals surface area contributed by atoms with Crippen LogP contribution in [0.4, 0.5) is 0 Å². The molecule has 1 aromatic rings. The Kier molecular flexibility index (Phi) is 5.95. The molecule has 0 aliphatic carbocycles. The third-order valence-corrected chi connectivity index (χ3v) is 2.66. The Bertz CT molecular complexity index is 419. The van der Waals surface area contributed by atoms with Gasteiger partial charge in [-0.15, -0.1) is 0 Å². The monoisotopic (exact) mass is 248 g/mol. The molecule has 0 aromatic carbocycles. The van der Waals surface area contributed by atoms with Gasteiger partial charge in [0, 0.05) is 18.4 Å². The average Bonchev–Trinajstić information content (AvgIpc) is 2.82. The van der Waals surface area contributed by atoms with Crippen LogP contribution in [0.15, 0.2) is 18.5 Å². The minimum atomic E-state index is -0.145. The molecule has 5 heteroatoms.